The van der Waals surface area contributed by atoms with Crippen molar-refractivity contribution in [2.24, 2.45) is 0 Å². The predicted octanol–water partition coefficient (Wildman–Crippen LogP) is 3.08. The molecule has 0 unspecified atom stereocenters. The summed E-state index contributed by atoms with van der Waals surface area (Å²) < 4.78 is 0. The first-order valence-corrected chi connectivity index (χ1v) is 7.16. The fraction of sp³-hybridized carbons (Fsp3) is 0.333. The van der Waals surface area contributed by atoms with Crippen LogP contribution in [0.1, 0.15) is 34.8 Å². The van der Waals surface area contributed by atoms with Crippen LogP contribution in [-0.2, 0) is 0 Å². The highest BCUT2D eigenvalue weighted by Crippen LogP contribution is 2.26. The normalized spacial score (nSPS) is 19.1. The van der Waals surface area contributed by atoms with Crippen LogP contribution in [0.4, 0.5) is 0 Å². The molecular weight excluding hydrogens is 274 g/mol. The third kappa shape index (κ3) is 2.70. The maximum absolute atomic E-state index is 12.5. The van der Waals surface area contributed by atoms with E-state index < -0.39 is 0 Å². The van der Waals surface area contributed by atoms with Crippen molar-refractivity contribution in [2.45, 2.75) is 18.8 Å². The highest BCUT2D eigenvalue weighted by Gasteiger charge is 2.26. The largest absolute Gasteiger partial charge is 0.338 e. The van der Waals surface area contributed by atoms with E-state index in [1.807, 2.05) is 11.0 Å². The van der Waals surface area contributed by atoms with Gasteiger partial charge >= 0.3 is 0 Å². The Bertz CT molecular complexity index is 580. The summed E-state index contributed by atoms with van der Waals surface area (Å²) in [5.74, 6) is 0.424. The predicted molar refractivity (Wildman–Crippen MR) is 77.9 cm³/mol. The van der Waals surface area contributed by atoms with Gasteiger partial charge in [-0.2, -0.15) is 5.10 Å². The minimum Gasteiger partial charge on any atom is -0.338 e. The molecule has 1 amide bonds. The summed E-state index contributed by atoms with van der Waals surface area (Å²) in [6, 6.07) is 9.06. The molecule has 1 saturated heterocycles. The number of carbonyl (C=O) groups is 1. The van der Waals surface area contributed by atoms with Crippen LogP contribution in [0.3, 0.4) is 0 Å². The van der Waals surface area contributed by atoms with Crippen LogP contribution >= 0.6 is 11.6 Å². The number of amides is 1. The molecule has 1 fully saturated rings. The molecule has 2 heterocycles. The van der Waals surface area contributed by atoms with Crippen molar-refractivity contribution in [3.63, 3.8) is 0 Å². The van der Waals surface area contributed by atoms with Gasteiger partial charge in [-0.05, 0) is 43.2 Å². The summed E-state index contributed by atoms with van der Waals surface area (Å²) in [7, 11) is 0. The zero-order valence-electron chi connectivity index (χ0n) is 11.1. The molecule has 20 heavy (non-hydrogen) atoms. The van der Waals surface area contributed by atoms with Gasteiger partial charge in [-0.1, -0.05) is 11.6 Å². The lowest BCUT2D eigenvalue weighted by molar-refractivity contribution is 0.0706. The second-order valence-corrected chi connectivity index (χ2v) is 5.55. The third-order valence-electron chi connectivity index (χ3n) is 3.76. The Kier molecular flexibility index (Phi) is 3.74. The number of likely N-dealkylation sites (tertiary alicyclic amines) is 1. The highest BCUT2D eigenvalue weighted by atomic mass is 35.5. The van der Waals surface area contributed by atoms with Crippen molar-refractivity contribution in [2.75, 3.05) is 13.1 Å². The molecule has 4 nitrogen and oxygen atoms in total. The smallest absolute Gasteiger partial charge is 0.253 e. The molecule has 0 saturated carbocycles. The molecule has 0 spiro atoms. The standard InChI is InChI=1S/C15H16ClN3O/c16-13-5-3-11(4-6-13)15(20)19-9-1-2-12(10-19)14-7-8-17-18-14/h3-8,12H,1-2,9-10H2,(H,17,18)/t12-/m0/s1. The Hall–Kier alpha value is -1.81. The SMILES string of the molecule is O=C(c1ccc(Cl)cc1)N1CCC[C@H](c2ccn[nH]2)C1. The average molecular weight is 290 g/mol. The van der Waals surface area contributed by atoms with Crippen LogP contribution in [0.25, 0.3) is 0 Å². The van der Waals surface area contributed by atoms with Crippen molar-refractivity contribution < 1.29 is 4.79 Å². The van der Waals surface area contributed by atoms with Crippen LogP contribution in [0.2, 0.25) is 5.02 Å². The summed E-state index contributed by atoms with van der Waals surface area (Å²) in [4.78, 5) is 14.4. The molecule has 0 bridgehead atoms. The number of hydrogen-bond donors (Lipinski definition) is 1. The Balaban J connectivity index is 1.73. The Morgan fingerprint density at radius 2 is 2.10 bits per heavy atom. The van der Waals surface area contributed by atoms with Gasteiger partial charge in [0.1, 0.15) is 0 Å². The zero-order chi connectivity index (χ0) is 13.9. The number of H-pyrrole nitrogens is 1. The molecule has 1 atom stereocenters. The number of halogens is 1. The number of aromatic nitrogens is 2. The number of rotatable bonds is 2. The highest BCUT2D eigenvalue weighted by molar-refractivity contribution is 6.30. The first kappa shape index (κ1) is 13.2. The minimum atomic E-state index is 0.0749. The van der Waals surface area contributed by atoms with Gasteiger partial charge in [0.2, 0.25) is 0 Å². The molecule has 0 radical (unpaired) electrons. The van der Waals surface area contributed by atoms with Gasteiger partial charge in [-0.25, -0.2) is 0 Å². The summed E-state index contributed by atoms with van der Waals surface area (Å²) in [5.41, 5.74) is 1.80. The van der Waals surface area contributed by atoms with Crippen molar-refractivity contribution in [1.82, 2.24) is 15.1 Å². The van der Waals surface area contributed by atoms with Crippen LogP contribution in [-0.4, -0.2) is 34.1 Å². The van der Waals surface area contributed by atoms with Crippen LogP contribution in [0.5, 0.6) is 0 Å². The maximum atomic E-state index is 12.5. The van der Waals surface area contributed by atoms with E-state index >= 15 is 0 Å². The van der Waals surface area contributed by atoms with E-state index in [0.29, 0.717) is 16.5 Å². The van der Waals surface area contributed by atoms with E-state index in [9.17, 15) is 4.79 Å². The van der Waals surface area contributed by atoms with Gasteiger partial charge in [0, 0.05) is 41.5 Å². The van der Waals surface area contributed by atoms with E-state index in [1.165, 1.54) is 0 Å². The number of aromatic amines is 1. The first-order valence-electron chi connectivity index (χ1n) is 6.78. The number of nitrogens with one attached hydrogen (secondary N) is 1. The molecule has 1 aromatic heterocycles. The van der Waals surface area contributed by atoms with Gasteiger partial charge in [-0.15, -0.1) is 0 Å². The summed E-state index contributed by atoms with van der Waals surface area (Å²) in [6.45, 7) is 1.55. The van der Waals surface area contributed by atoms with E-state index in [-0.39, 0.29) is 5.91 Å². The quantitative estimate of drug-likeness (QED) is 0.923. The van der Waals surface area contributed by atoms with E-state index in [1.54, 1.807) is 30.5 Å². The van der Waals surface area contributed by atoms with Gasteiger partial charge < -0.3 is 4.90 Å². The van der Waals surface area contributed by atoms with E-state index in [2.05, 4.69) is 10.2 Å². The minimum absolute atomic E-state index is 0.0749. The van der Waals surface area contributed by atoms with E-state index in [0.717, 1.165) is 31.6 Å². The van der Waals surface area contributed by atoms with Crippen molar-refractivity contribution >= 4 is 17.5 Å². The molecule has 1 N–H and O–H groups in total. The van der Waals surface area contributed by atoms with Gasteiger partial charge in [0.25, 0.3) is 5.91 Å². The fourth-order valence-electron chi connectivity index (χ4n) is 2.68. The Morgan fingerprint density at radius 3 is 2.80 bits per heavy atom. The molecule has 1 aromatic carbocycles. The third-order valence-corrected chi connectivity index (χ3v) is 4.01. The molecule has 5 heteroatoms. The van der Waals surface area contributed by atoms with E-state index in [4.69, 9.17) is 11.6 Å². The lowest BCUT2D eigenvalue weighted by atomic mass is 9.94. The van der Waals surface area contributed by atoms with Gasteiger partial charge in [0.15, 0.2) is 0 Å². The molecular formula is C15H16ClN3O. The monoisotopic (exact) mass is 289 g/mol. The summed E-state index contributed by atoms with van der Waals surface area (Å²) in [5, 5.41) is 7.65. The Morgan fingerprint density at radius 1 is 1.30 bits per heavy atom. The molecule has 0 aliphatic carbocycles. The number of carbonyl (C=O) groups excluding carboxylic acids is 1. The number of piperidine rings is 1. The van der Waals surface area contributed by atoms with Crippen molar-refractivity contribution in [1.29, 1.82) is 0 Å². The molecule has 2 aromatic rings. The van der Waals surface area contributed by atoms with Crippen molar-refractivity contribution in [3.8, 4) is 0 Å². The van der Waals surface area contributed by atoms with Crippen LogP contribution in [0, 0.1) is 0 Å². The summed E-state index contributed by atoms with van der Waals surface area (Å²) in [6.07, 6.45) is 3.87. The lowest BCUT2D eigenvalue weighted by Gasteiger charge is -2.32. The second kappa shape index (κ2) is 5.67. The zero-order valence-corrected chi connectivity index (χ0v) is 11.8. The van der Waals surface area contributed by atoms with Crippen LogP contribution < -0.4 is 0 Å². The molecule has 104 valence electrons. The molecule has 1 aliphatic heterocycles. The van der Waals surface area contributed by atoms with Crippen molar-refractivity contribution in [3.05, 3.63) is 52.8 Å². The maximum Gasteiger partial charge on any atom is 0.253 e. The second-order valence-electron chi connectivity index (χ2n) is 5.11. The number of benzene rings is 1. The van der Waals surface area contributed by atoms with Crippen LogP contribution in [0.15, 0.2) is 36.5 Å². The topological polar surface area (TPSA) is 49.0 Å². The summed E-state index contributed by atoms with van der Waals surface area (Å²) >= 11 is 5.86. The number of nitrogens with zero attached hydrogens (tertiary/aromatic N) is 2. The average Bonchev–Trinajstić information content (AvgIpc) is 3.02. The lowest BCUT2D eigenvalue weighted by Crippen LogP contribution is -2.39. The first-order chi connectivity index (χ1) is 9.74. The van der Waals surface area contributed by atoms with Gasteiger partial charge in [-0.3, -0.25) is 9.89 Å². The van der Waals surface area contributed by atoms with Gasteiger partial charge in [0.05, 0.1) is 0 Å². The number of hydrogen-bond acceptors (Lipinski definition) is 2. The Labute approximate surface area is 122 Å². The fourth-order valence-corrected chi connectivity index (χ4v) is 2.81. The molecule has 1 aliphatic rings. The molecule has 3 rings (SSSR count).